The fraction of sp³-hybridized carbons (Fsp3) is 0.457. The Morgan fingerprint density at radius 1 is 0.978 bits per heavy atom. The molecule has 10 heteroatoms. The Morgan fingerprint density at radius 3 is 2.64 bits per heavy atom. The third kappa shape index (κ3) is 5.10. The van der Waals surface area contributed by atoms with Crippen molar-refractivity contribution in [2.75, 3.05) is 60.7 Å². The molecule has 2 saturated heterocycles. The number of benzene rings is 2. The fourth-order valence-electron chi connectivity index (χ4n) is 7.72. The second-order valence-corrected chi connectivity index (χ2v) is 12.2. The highest BCUT2D eigenvalue weighted by Crippen LogP contribution is 2.39. The average Bonchev–Trinajstić information content (AvgIpc) is 3.41. The molecule has 0 aliphatic carbocycles. The quantitative estimate of drug-likeness (QED) is 0.209. The van der Waals surface area contributed by atoms with Crippen LogP contribution in [-0.2, 0) is 9.53 Å². The molecule has 0 radical (unpaired) electrons. The van der Waals surface area contributed by atoms with Gasteiger partial charge in [0, 0.05) is 54.7 Å². The number of rotatable bonds is 10. The number of carbonyl (C=O) groups excluding carboxylic acids is 1. The molecule has 0 N–H and O–H groups in total. The molecule has 0 unspecified atom stereocenters. The van der Waals surface area contributed by atoms with Gasteiger partial charge in [-0.25, -0.2) is 0 Å². The van der Waals surface area contributed by atoms with E-state index in [1.807, 2.05) is 35.2 Å². The van der Waals surface area contributed by atoms with Crippen LogP contribution in [-0.4, -0.2) is 91.9 Å². The number of fused-ring (bicyclic) bond motifs is 6. The Kier molecular flexibility index (Phi) is 8.10. The van der Waals surface area contributed by atoms with Gasteiger partial charge in [0.15, 0.2) is 18.1 Å². The molecule has 2 fully saturated rings. The molecular weight excluding hydrogens is 572 g/mol. The van der Waals surface area contributed by atoms with Crippen LogP contribution in [0.3, 0.4) is 0 Å². The molecule has 3 aromatic heterocycles. The van der Waals surface area contributed by atoms with Crippen LogP contribution in [0.2, 0.25) is 0 Å². The number of methoxy groups -OCH3 is 3. The lowest BCUT2D eigenvalue weighted by Gasteiger charge is -2.45. The molecule has 7 rings (SSSR count). The first kappa shape index (κ1) is 29.6. The summed E-state index contributed by atoms with van der Waals surface area (Å²) in [7, 11) is 4.74. The van der Waals surface area contributed by atoms with Crippen molar-refractivity contribution >= 4 is 44.0 Å². The molecule has 2 aromatic carbocycles. The zero-order valence-corrected chi connectivity index (χ0v) is 26.2. The van der Waals surface area contributed by atoms with Crippen molar-refractivity contribution in [2.24, 2.45) is 5.92 Å². The van der Waals surface area contributed by atoms with Crippen LogP contribution in [0.4, 0.5) is 0 Å². The van der Waals surface area contributed by atoms with Crippen LogP contribution in [0.5, 0.6) is 17.2 Å². The second kappa shape index (κ2) is 12.3. The zero-order valence-electron chi connectivity index (χ0n) is 26.2. The van der Waals surface area contributed by atoms with Crippen molar-refractivity contribution in [1.82, 2.24) is 19.2 Å². The molecule has 5 aromatic rings. The van der Waals surface area contributed by atoms with Crippen LogP contribution in [0.1, 0.15) is 32.1 Å². The van der Waals surface area contributed by atoms with E-state index in [1.165, 1.54) is 45.9 Å². The predicted molar refractivity (Wildman–Crippen MR) is 174 cm³/mol. The summed E-state index contributed by atoms with van der Waals surface area (Å²) < 4.78 is 24.3. The molecular formula is C35H40N4O6. The van der Waals surface area contributed by atoms with Crippen molar-refractivity contribution in [3.05, 3.63) is 52.9 Å². The maximum Gasteiger partial charge on any atom is 0.267 e. The number of piperidine rings is 2. The van der Waals surface area contributed by atoms with Gasteiger partial charge in [0.05, 0.1) is 42.8 Å². The van der Waals surface area contributed by atoms with E-state index in [4.69, 9.17) is 18.9 Å². The van der Waals surface area contributed by atoms with Crippen molar-refractivity contribution in [3.63, 3.8) is 0 Å². The summed E-state index contributed by atoms with van der Waals surface area (Å²) in [5.74, 6) is 1.76. The third-order valence-electron chi connectivity index (χ3n) is 9.83. The molecule has 0 saturated carbocycles. The lowest BCUT2D eigenvalue weighted by Crippen LogP contribution is -2.52. The topological polar surface area (TPSA) is 94.8 Å². The van der Waals surface area contributed by atoms with E-state index in [9.17, 15) is 9.59 Å². The summed E-state index contributed by atoms with van der Waals surface area (Å²) in [5.41, 5.74) is 1.88. The summed E-state index contributed by atoms with van der Waals surface area (Å²) >= 11 is 0. The van der Waals surface area contributed by atoms with Crippen molar-refractivity contribution in [3.8, 4) is 17.2 Å². The third-order valence-corrected chi connectivity index (χ3v) is 9.83. The highest BCUT2D eigenvalue weighted by Gasteiger charge is 2.34. The number of pyridine rings is 2. The predicted octanol–water partition coefficient (Wildman–Crippen LogP) is 4.73. The maximum absolute atomic E-state index is 14.2. The standard InChI is InChI=1S/C35H40N4O6/c1-42-18-17-38(20-22-7-6-16-37-15-5-4-8-27(22)37)30(40)21-45-23-9-10-24-25-13-14-36-32-26-11-12-29(43-2)34(44-3)31(26)35(41)39(33(25)32)28(24)19-23/h9-14,19,22,27H,4-8,15-18,20-21H2,1-3H3/t22-,27+/m0/s1. The minimum absolute atomic E-state index is 0.0601. The number of carbonyl (C=O) groups is 1. The van der Waals surface area contributed by atoms with Gasteiger partial charge < -0.3 is 28.7 Å². The highest BCUT2D eigenvalue weighted by molar-refractivity contribution is 6.19. The summed E-state index contributed by atoms with van der Waals surface area (Å²) in [6.45, 7) is 3.97. The van der Waals surface area contributed by atoms with Crippen LogP contribution in [0.15, 0.2) is 47.4 Å². The van der Waals surface area contributed by atoms with E-state index in [0.29, 0.717) is 64.2 Å². The Bertz CT molecular complexity index is 1920. The first-order chi connectivity index (χ1) is 22.0. The molecule has 2 aliphatic heterocycles. The van der Waals surface area contributed by atoms with E-state index >= 15 is 0 Å². The molecule has 2 atom stereocenters. The molecule has 0 spiro atoms. The van der Waals surface area contributed by atoms with Gasteiger partial charge in [-0.3, -0.25) is 19.0 Å². The van der Waals surface area contributed by atoms with Crippen LogP contribution >= 0.6 is 0 Å². The first-order valence-electron chi connectivity index (χ1n) is 15.9. The second-order valence-electron chi connectivity index (χ2n) is 12.2. The number of nitrogens with zero attached hydrogens (tertiary/aromatic N) is 4. The summed E-state index contributed by atoms with van der Waals surface area (Å²) in [4.78, 5) is 37.0. The molecule has 2 aliphatic rings. The Balaban J connectivity index is 1.21. The monoisotopic (exact) mass is 612 g/mol. The van der Waals surface area contributed by atoms with Crippen molar-refractivity contribution in [2.45, 2.75) is 38.1 Å². The van der Waals surface area contributed by atoms with Crippen molar-refractivity contribution in [1.29, 1.82) is 0 Å². The van der Waals surface area contributed by atoms with Gasteiger partial charge in [0.25, 0.3) is 11.5 Å². The highest BCUT2D eigenvalue weighted by atomic mass is 16.5. The van der Waals surface area contributed by atoms with E-state index in [1.54, 1.807) is 30.9 Å². The van der Waals surface area contributed by atoms with E-state index < -0.39 is 0 Å². The Hall–Kier alpha value is -4.15. The minimum Gasteiger partial charge on any atom is -0.493 e. The lowest BCUT2D eigenvalue weighted by atomic mass is 9.83. The maximum atomic E-state index is 14.2. The van der Waals surface area contributed by atoms with Gasteiger partial charge >= 0.3 is 0 Å². The fourth-order valence-corrected chi connectivity index (χ4v) is 7.72. The smallest absolute Gasteiger partial charge is 0.267 e. The van der Waals surface area contributed by atoms with Gasteiger partial charge in [-0.05, 0) is 75.0 Å². The number of ether oxygens (including phenoxy) is 4. The average molecular weight is 613 g/mol. The van der Waals surface area contributed by atoms with E-state index in [-0.39, 0.29) is 18.1 Å². The SMILES string of the molecule is COCCN(C[C@@H]1CCCN2CCCC[C@H]12)C(=O)COc1ccc2c3ccnc4c5ccc(OC)c(OC)c5c(=O)n(c2c1)c34. The zero-order chi connectivity index (χ0) is 31.1. The van der Waals surface area contributed by atoms with Crippen LogP contribution in [0, 0.1) is 5.92 Å². The Labute approximate surface area is 261 Å². The Morgan fingerprint density at radius 2 is 1.82 bits per heavy atom. The molecule has 0 bridgehead atoms. The summed E-state index contributed by atoms with van der Waals surface area (Å²) in [6.07, 6.45) is 7.82. The van der Waals surface area contributed by atoms with Crippen LogP contribution < -0.4 is 19.8 Å². The number of amides is 1. The van der Waals surface area contributed by atoms with Crippen LogP contribution in [0.25, 0.3) is 38.1 Å². The van der Waals surface area contributed by atoms with Gasteiger partial charge in [-0.2, -0.15) is 0 Å². The van der Waals surface area contributed by atoms with E-state index in [2.05, 4.69) is 9.88 Å². The number of aromatic nitrogens is 2. The molecule has 1 amide bonds. The summed E-state index contributed by atoms with van der Waals surface area (Å²) in [6, 6.07) is 11.8. The molecule has 236 valence electrons. The largest absolute Gasteiger partial charge is 0.493 e. The van der Waals surface area contributed by atoms with Gasteiger partial charge in [-0.1, -0.05) is 6.42 Å². The number of hydrogen-bond donors (Lipinski definition) is 0. The lowest BCUT2D eigenvalue weighted by molar-refractivity contribution is -0.135. The van der Waals surface area contributed by atoms with E-state index in [0.717, 1.165) is 29.3 Å². The number of hydrogen-bond acceptors (Lipinski definition) is 8. The van der Waals surface area contributed by atoms with Crippen molar-refractivity contribution < 1.29 is 23.7 Å². The summed E-state index contributed by atoms with van der Waals surface area (Å²) in [5, 5.41) is 2.92. The van der Waals surface area contributed by atoms with Gasteiger partial charge in [-0.15, -0.1) is 0 Å². The van der Waals surface area contributed by atoms with Gasteiger partial charge in [0.1, 0.15) is 5.75 Å². The molecule has 10 nitrogen and oxygen atoms in total. The molecule has 5 heterocycles. The normalized spacial score (nSPS) is 18.9. The molecule has 45 heavy (non-hydrogen) atoms. The first-order valence-corrected chi connectivity index (χ1v) is 15.9. The minimum atomic E-state index is -0.232. The van der Waals surface area contributed by atoms with Gasteiger partial charge in [0.2, 0.25) is 0 Å².